The number of hydrogen-bond donors (Lipinski definition) is 2. The lowest BCUT2D eigenvalue weighted by Gasteiger charge is -2.13. The van der Waals surface area contributed by atoms with Gasteiger partial charge in [0.1, 0.15) is 11.1 Å². The number of hydrogen-bond acceptors (Lipinski definition) is 6. The van der Waals surface area contributed by atoms with Gasteiger partial charge in [-0.05, 0) is 0 Å². The van der Waals surface area contributed by atoms with Gasteiger partial charge in [-0.15, -0.1) is 0 Å². The molecule has 0 radical (unpaired) electrons. The van der Waals surface area contributed by atoms with Crippen LogP contribution in [-0.2, 0) is 0 Å². The molecule has 0 saturated carbocycles. The van der Waals surface area contributed by atoms with Gasteiger partial charge in [-0.1, -0.05) is 30.3 Å². The number of phenolic OH excluding ortho intramolecular Hbond substituents is 1. The Labute approximate surface area is 131 Å². The van der Waals surface area contributed by atoms with Crippen molar-refractivity contribution in [2.45, 2.75) is 0 Å². The van der Waals surface area contributed by atoms with Crippen LogP contribution in [0.5, 0.6) is 23.0 Å². The monoisotopic (exact) mass is 314 g/mol. The van der Waals surface area contributed by atoms with Gasteiger partial charge in [0.05, 0.1) is 14.2 Å². The molecule has 0 aliphatic carbocycles. The van der Waals surface area contributed by atoms with Crippen LogP contribution in [0.15, 0.2) is 45.6 Å². The second-order valence-corrected chi connectivity index (χ2v) is 4.81. The third kappa shape index (κ3) is 2.24. The third-order valence-corrected chi connectivity index (χ3v) is 3.50. The van der Waals surface area contributed by atoms with Crippen molar-refractivity contribution in [2.75, 3.05) is 14.2 Å². The van der Waals surface area contributed by atoms with E-state index in [1.54, 1.807) is 30.3 Å². The summed E-state index contributed by atoms with van der Waals surface area (Å²) >= 11 is 0. The van der Waals surface area contributed by atoms with E-state index < -0.39 is 11.2 Å². The first-order valence-corrected chi connectivity index (χ1v) is 6.77. The minimum absolute atomic E-state index is 0.00551. The Morgan fingerprint density at radius 2 is 1.74 bits per heavy atom. The lowest BCUT2D eigenvalue weighted by Crippen LogP contribution is -2.04. The van der Waals surface area contributed by atoms with E-state index in [4.69, 9.17) is 13.9 Å². The smallest absolute Gasteiger partial charge is 0.238 e. The molecule has 6 heteroatoms. The van der Waals surface area contributed by atoms with Crippen molar-refractivity contribution in [3.8, 4) is 34.3 Å². The molecule has 0 unspecified atom stereocenters. The zero-order valence-corrected chi connectivity index (χ0v) is 12.5. The number of benzene rings is 2. The van der Waals surface area contributed by atoms with Crippen LogP contribution in [0.2, 0.25) is 0 Å². The summed E-state index contributed by atoms with van der Waals surface area (Å²) in [5.74, 6) is -0.568. The summed E-state index contributed by atoms with van der Waals surface area (Å²) < 4.78 is 16.1. The van der Waals surface area contributed by atoms with Crippen LogP contribution in [0.1, 0.15) is 0 Å². The molecule has 2 N–H and O–H groups in total. The normalized spacial score (nSPS) is 10.7. The van der Waals surface area contributed by atoms with E-state index >= 15 is 0 Å². The number of ether oxygens (including phenoxy) is 2. The lowest BCUT2D eigenvalue weighted by molar-refractivity contribution is 0.349. The molecule has 3 aromatic rings. The van der Waals surface area contributed by atoms with Crippen LogP contribution >= 0.6 is 0 Å². The zero-order valence-electron chi connectivity index (χ0n) is 12.5. The van der Waals surface area contributed by atoms with Crippen LogP contribution in [0.25, 0.3) is 22.3 Å². The predicted octanol–water partition coefficient (Wildman–Crippen LogP) is 2.89. The number of phenols is 1. The van der Waals surface area contributed by atoms with Crippen LogP contribution < -0.4 is 14.9 Å². The molecule has 0 bridgehead atoms. The van der Waals surface area contributed by atoms with Gasteiger partial charge in [-0.2, -0.15) is 0 Å². The highest BCUT2D eigenvalue weighted by atomic mass is 16.5. The molecule has 3 rings (SSSR count). The van der Waals surface area contributed by atoms with Gasteiger partial charge in [0.15, 0.2) is 17.1 Å². The van der Waals surface area contributed by atoms with Gasteiger partial charge in [0.2, 0.25) is 16.9 Å². The first-order valence-electron chi connectivity index (χ1n) is 6.77. The first kappa shape index (κ1) is 14.8. The predicted molar refractivity (Wildman–Crippen MR) is 84.4 cm³/mol. The molecular weight excluding hydrogens is 300 g/mol. The van der Waals surface area contributed by atoms with Crippen molar-refractivity contribution in [2.24, 2.45) is 0 Å². The quantitative estimate of drug-likeness (QED) is 0.772. The summed E-state index contributed by atoms with van der Waals surface area (Å²) in [6.45, 7) is 0. The molecule has 118 valence electrons. The van der Waals surface area contributed by atoms with Crippen LogP contribution in [-0.4, -0.2) is 24.4 Å². The fourth-order valence-corrected chi connectivity index (χ4v) is 2.42. The fourth-order valence-electron chi connectivity index (χ4n) is 2.42. The molecule has 0 atom stereocenters. The van der Waals surface area contributed by atoms with Crippen molar-refractivity contribution in [1.82, 2.24) is 0 Å². The second-order valence-electron chi connectivity index (χ2n) is 4.81. The van der Waals surface area contributed by atoms with Gasteiger partial charge in [-0.3, -0.25) is 4.79 Å². The van der Waals surface area contributed by atoms with Crippen LogP contribution in [0.3, 0.4) is 0 Å². The number of aromatic hydroxyl groups is 2. The summed E-state index contributed by atoms with van der Waals surface area (Å²) in [6, 6.07) is 9.92. The topological polar surface area (TPSA) is 89.1 Å². The Morgan fingerprint density at radius 3 is 2.35 bits per heavy atom. The average molecular weight is 314 g/mol. The number of rotatable bonds is 3. The molecule has 2 aromatic carbocycles. The van der Waals surface area contributed by atoms with E-state index in [1.165, 1.54) is 20.3 Å². The Kier molecular flexibility index (Phi) is 3.57. The summed E-state index contributed by atoms with van der Waals surface area (Å²) in [4.78, 5) is 12.4. The van der Waals surface area contributed by atoms with E-state index in [1.807, 2.05) is 0 Å². The van der Waals surface area contributed by atoms with Crippen LogP contribution in [0.4, 0.5) is 0 Å². The van der Waals surface area contributed by atoms with Crippen LogP contribution in [0, 0.1) is 0 Å². The minimum Gasteiger partial charge on any atom is -0.507 e. The maximum atomic E-state index is 12.4. The SMILES string of the molecule is COc1cc(O)c2c(=O)c(O)c(-c3ccccc3)oc2c1OC. The summed E-state index contributed by atoms with van der Waals surface area (Å²) in [6.07, 6.45) is 0. The summed E-state index contributed by atoms with van der Waals surface area (Å²) in [5.41, 5.74) is -0.220. The van der Waals surface area contributed by atoms with Crippen molar-refractivity contribution in [3.05, 3.63) is 46.6 Å². The maximum absolute atomic E-state index is 12.4. The molecule has 23 heavy (non-hydrogen) atoms. The molecule has 0 amide bonds. The van der Waals surface area contributed by atoms with E-state index in [-0.39, 0.29) is 34.0 Å². The second kappa shape index (κ2) is 5.57. The maximum Gasteiger partial charge on any atom is 0.238 e. The van der Waals surface area contributed by atoms with Gasteiger partial charge in [0.25, 0.3) is 0 Å². The van der Waals surface area contributed by atoms with E-state index in [9.17, 15) is 15.0 Å². The first-order chi connectivity index (χ1) is 11.1. The van der Waals surface area contributed by atoms with Gasteiger partial charge in [-0.25, -0.2) is 0 Å². The zero-order chi connectivity index (χ0) is 16.6. The van der Waals surface area contributed by atoms with E-state index in [2.05, 4.69) is 0 Å². The van der Waals surface area contributed by atoms with Gasteiger partial charge >= 0.3 is 0 Å². The Balaban J connectivity index is 2.47. The Hall–Kier alpha value is -3.15. The molecule has 0 saturated heterocycles. The van der Waals surface area contributed by atoms with E-state index in [0.29, 0.717) is 5.56 Å². The number of methoxy groups -OCH3 is 2. The number of fused-ring (bicyclic) bond motifs is 1. The van der Waals surface area contributed by atoms with Crippen molar-refractivity contribution in [1.29, 1.82) is 0 Å². The molecule has 0 fully saturated rings. The highest BCUT2D eigenvalue weighted by molar-refractivity contribution is 5.93. The van der Waals surface area contributed by atoms with Gasteiger partial charge < -0.3 is 24.1 Å². The largest absolute Gasteiger partial charge is 0.507 e. The van der Waals surface area contributed by atoms with Crippen molar-refractivity contribution in [3.63, 3.8) is 0 Å². The molecule has 0 aliphatic heterocycles. The highest BCUT2D eigenvalue weighted by Crippen LogP contribution is 2.42. The highest BCUT2D eigenvalue weighted by Gasteiger charge is 2.23. The molecule has 1 heterocycles. The minimum atomic E-state index is -0.747. The van der Waals surface area contributed by atoms with Gasteiger partial charge in [0, 0.05) is 11.6 Å². The average Bonchev–Trinajstić information content (AvgIpc) is 2.58. The summed E-state index contributed by atoms with van der Waals surface area (Å²) in [5, 5.41) is 20.1. The third-order valence-electron chi connectivity index (χ3n) is 3.50. The van der Waals surface area contributed by atoms with Crippen molar-refractivity contribution < 1.29 is 24.1 Å². The van der Waals surface area contributed by atoms with Crippen molar-refractivity contribution >= 4 is 11.0 Å². The molecule has 1 aromatic heterocycles. The fraction of sp³-hybridized carbons (Fsp3) is 0.118. The standard InChI is InChI=1S/C17H14O6/c1-21-11-8-10(18)12-13(19)14(20)15(9-6-4-3-5-7-9)23-17(12)16(11)22-2/h3-8,18,20H,1-2H3. The molecule has 0 aliphatic rings. The Bertz CT molecular complexity index is 927. The molecule has 6 nitrogen and oxygen atoms in total. The molecular formula is C17H14O6. The molecule has 0 spiro atoms. The Morgan fingerprint density at radius 1 is 1.04 bits per heavy atom. The lowest BCUT2D eigenvalue weighted by atomic mass is 10.1. The van der Waals surface area contributed by atoms with E-state index in [0.717, 1.165) is 0 Å². The summed E-state index contributed by atoms with van der Waals surface area (Å²) in [7, 11) is 2.79.